The molecular weight excluding hydrogens is 194 g/mol. The molecule has 1 aliphatic rings. The molecule has 0 radical (unpaired) electrons. The van der Waals surface area contributed by atoms with Crippen molar-refractivity contribution in [3.63, 3.8) is 0 Å². The first-order valence-corrected chi connectivity index (χ1v) is 5.82. The van der Waals surface area contributed by atoms with Crippen LogP contribution in [0.25, 0.3) is 0 Å². The van der Waals surface area contributed by atoms with Crippen LogP contribution in [0.1, 0.15) is 19.8 Å². The van der Waals surface area contributed by atoms with Gasteiger partial charge in [-0.1, -0.05) is 0 Å². The van der Waals surface area contributed by atoms with E-state index < -0.39 is 0 Å². The van der Waals surface area contributed by atoms with Crippen LogP contribution in [0.2, 0.25) is 0 Å². The van der Waals surface area contributed by atoms with Gasteiger partial charge in [0.2, 0.25) is 0 Å². The van der Waals surface area contributed by atoms with Crippen molar-refractivity contribution in [2.45, 2.75) is 26.1 Å². The molecule has 0 saturated carbocycles. The highest BCUT2D eigenvalue weighted by Gasteiger charge is 2.14. The molecule has 1 rings (SSSR count). The van der Waals surface area contributed by atoms with Gasteiger partial charge in [0, 0.05) is 26.1 Å². The van der Waals surface area contributed by atoms with Crippen LogP contribution < -0.4 is 0 Å². The van der Waals surface area contributed by atoms with Crippen LogP contribution in [0.3, 0.4) is 0 Å². The number of nitrogens with zero attached hydrogens (tertiary/aromatic N) is 1. The molecule has 4 heteroatoms. The molecule has 15 heavy (non-hydrogen) atoms. The third kappa shape index (κ3) is 6.10. The maximum absolute atomic E-state index is 5.47. The summed E-state index contributed by atoms with van der Waals surface area (Å²) in [7, 11) is 2.10. The van der Waals surface area contributed by atoms with Crippen LogP contribution in [-0.4, -0.2) is 57.8 Å². The summed E-state index contributed by atoms with van der Waals surface area (Å²) in [5.41, 5.74) is 0. The predicted molar refractivity (Wildman–Crippen MR) is 58.9 cm³/mol. The van der Waals surface area contributed by atoms with Gasteiger partial charge >= 0.3 is 0 Å². The number of rotatable bonds is 7. The van der Waals surface area contributed by atoms with E-state index in [0.717, 1.165) is 52.4 Å². The molecule has 0 aromatic carbocycles. The molecule has 0 aromatic heterocycles. The molecule has 4 nitrogen and oxygen atoms in total. The zero-order valence-electron chi connectivity index (χ0n) is 9.91. The van der Waals surface area contributed by atoms with Crippen molar-refractivity contribution >= 4 is 0 Å². The first kappa shape index (κ1) is 12.9. The van der Waals surface area contributed by atoms with Gasteiger partial charge in [-0.2, -0.15) is 0 Å². The van der Waals surface area contributed by atoms with Crippen molar-refractivity contribution in [3.05, 3.63) is 0 Å². The van der Waals surface area contributed by atoms with Crippen molar-refractivity contribution in [1.82, 2.24) is 4.90 Å². The van der Waals surface area contributed by atoms with Gasteiger partial charge < -0.3 is 19.1 Å². The molecule has 1 aliphatic heterocycles. The van der Waals surface area contributed by atoms with Crippen molar-refractivity contribution in [1.29, 1.82) is 0 Å². The molecule has 1 fully saturated rings. The number of likely N-dealkylation sites (N-methyl/N-ethyl adjacent to an activating group) is 1. The average molecular weight is 217 g/mol. The minimum Gasteiger partial charge on any atom is -0.380 e. The van der Waals surface area contributed by atoms with E-state index in [0.29, 0.717) is 0 Å². The predicted octanol–water partition coefficient (Wildman–Crippen LogP) is 1.11. The summed E-state index contributed by atoms with van der Waals surface area (Å²) in [5.74, 6) is 0. The highest BCUT2D eigenvalue weighted by molar-refractivity contribution is 4.56. The van der Waals surface area contributed by atoms with Crippen molar-refractivity contribution in [2.24, 2.45) is 0 Å². The zero-order chi connectivity index (χ0) is 10.9. The quantitative estimate of drug-likeness (QED) is 0.598. The normalized spacial score (nSPS) is 18.6. The van der Waals surface area contributed by atoms with E-state index in [2.05, 4.69) is 11.9 Å². The highest BCUT2D eigenvalue weighted by atomic mass is 16.7. The Bertz CT molecular complexity index is 149. The van der Waals surface area contributed by atoms with E-state index in [1.807, 2.05) is 6.92 Å². The van der Waals surface area contributed by atoms with Gasteiger partial charge in [0.15, 0.2) is 6.29 Å². The molecule has 0 bridgehead atoms. The van der Waals surface area contributed by atoms with E-state index in [1.54, 1.807) is 0 Å². The fourth-order valence-electron chi connectivity index (χ4n) is 1.51. The van der Waals surface area contributed by atoms with Gasteiger partial charge in [-0.3, -0.25) is 0 Å². The van der Waals surface area contributed by atoms with E-state index >= 15 is 0 Å². The van der Waals surface area contributed by atoms with E-state index in [9.17, 15) is 0 Å². The first-order valence-electron chi connectivity index (χ1n) is 5.82. The molecule has 0 spiro atoms. The van der Waals surface area contributed by atoms with E-state index in [1.165, 1.54) is 0 Å². The number of ether oxygens (including phenoxy) is 3. The molecule has 1 saturated heterocycles. The SMILES string of the molecule is CCOCCN(C)CCC1OCCCO1. The lowest BCUT2D eigenvalue weighted by Gasteiger charge is -2.25. The lowest BCUT2D eigenvalue weighted by Crippen LogP contribution is -2.31. The Hall–Kier alpha value is -0.160. The molecule has 0 N–H and O–H groups in total. The Balaban J connectivity index is 1.97. The van der Waals surface area contributed by atoms with Gasteiger partial charge in [0.05, 0.1) is 19.8 Å². The summed E-state index contributed by atoms with van der Waals surface area (Å²) in [6.07, 6.45) is 1.98. The third-order valence-electron chi connectivity index (χ3n) is 2.46. The smallest absolute Gasteiger partial charge is 0.158 e. The summed E-state index contributed by atoms with van der Waals surface area (Å²) in [6, 6.07) is 0. The van der Waals surface area contributed by atoms with Crippen LogP contribution in [0.4, 0.5) is 0 Å². The van der Waals surface area contributed by atoms with Crippen LogP contribution in [0, 0.1) is 0 Å². The Morgan fingerprint density at radius 3 is 2.67 bits per heavy atom. The fraction of sp³-hybridized carbons (Fsp3) is 1.00. The summed E-state index contributed by atoms with van der Waals surface area (Å²) in [4.78, 5) is 2.25. The third-order valence-corrected chi connectivity index (χ3v) is 2.46. The van der Waals surface area contributed by atoms with Gasteiger partial charge in [0.1, 0.15) is 0 Å². The zero-order valence-corrected chi connectivity index (χ0v) is 9.91. The molecular formula is C11H23NO3. The largest absolute Gasteiger partial charge is 0.380 e. The minimum atomic E-state index is 0.00768. The lowest BCUT2D eigenvalue weighted by molar-refractivity contribution is -0.182. The molecule has 0 amide bonds. The highest BCUT2D eigenvalue weighted by Crippen LogP contribution is 2.08. The summed E-state index contributed by atoms with van der Waals surface area (Å²) < 4.78 is 16.2. The maximum atomic E-state index is 5.47. The number of hydrogen-bond acceptors (Lipinski definition) is 4. The average Bonchev–Trinajstić information content (AvgIpc) is 2.28. The van der Waals surface area contributed by atoms with E-state index in [-0.39, 0.29) is 6.29 Å². The standard InChI is InChI=1S/C11H23NO3/c1-3-13-10-7-12(2)6-5-11-14-8-4-9-15-11/h11H,3-10H2,1-2H3. The van der Waals surface area contributed by atoms with Gasteiger partial charge in [0.25, 0.3) is 0 Å². The Labute approximate surface area is 92.5 Å². The monoisotopic (exact) mass is 217 g/mol. The van der Waals surface area contributed by atoms with Crippen molar-refractivity contribution in [2.75, 3.05) is 46.6 Å². The molecule has 0 aromatic rings. The van der Waals surface area contributed by atoms with Crippen LogP contribution in [0.5, 0.6) is 0 Å². The molecule has 1 heterocycles. The van der Waals surface area contributed by atoms with Crippen LogP contribution >= 0.6 is 0 Å². The number of hydrogen-bond donors (Lipinski definition) is 0. The maximum Gasteiger partial charge on any atom is 0.158 e. The summed E-state index contributed by atoms with van der Waals surface area (Å²) >= 11 is 0. The van der Waals surface area contributed by atoms with Crippen LogP contribution in [0.15, 0.2) is 0 Å². The fourth-order valence-corrected chi connectivity index (χ4v) is 1.51. The van der Waals surface area contributed by atoms with Crippen molar-refractivity contribution in [3.8, 4) is 0 Å². The second-order valence-corrected chi connectivity index (χ2v) is 3.81. The summed E-state index contributed by atoms with van der Waals surface area (Å²) in [6.45, 7) is 7.27. The van der Waals surface area contributed by atoms with Crippen LogP contribution in [-0.2, 0) is 14.2 Å². The van der Waals surface area contributed by atoms with Crippen molar-refractivity contribution < 1.29 is 14.2 Å². The lowest BCUT2D eigenvalue weighted by atomic mass is 10.3. The minimum absolute atomic E-state index is 0.00768. The molecule has 0 unspecified atom stereocenters. The Kier molecular flexibility index (Phi) is 6.92. The first-order chi connectivity index (χ1) is 7.33. The second-order valence-electron chi connectivity index (χ2n) is 3.81. The van der Waals surface area contributed by atoms with Gasteiger partial charge in [-0.05, 0) is 20.4 Å². The Morgan fingerprint density at radius 1 is 1.27 bits per heavy atom. The second kappa shape index (κ2) is 8.05. The van der Waals surface area contributed by atoms with E-state index in [4.69, 9.17) is 14.2 Å². The molecule has 90 valence electrons. The Morgan fingerprint density at radius 2 is 2.00 bits per heavy atom. The topological polar surface area (TPSA) is 30.9 Å². The van der Waals surface area contributed by atoms with Gasteiger partial charge in [-0.15, -0.1) is 0 Å². The molecule has 0 atom stereocenters. The summed E-state index contributed by atoms with van der Waals surface area (Å²) in [5, 5.41) is 0. The van der Waals surface area contributed by atoms with Gasteiger partial charge in [-0.25, -0.2) is 0 Å². The molecule has 0 aliphatic carbocycles.